The molecule has 2 aromatic carbocycles. The summed E-state index contributed by atoms with van der Waals surface area (Å²) in [4.78, 5) is 26.4. The van der Waals surface area contributed by atoms with Gasteiger partial charge >= 0.3 is 0 Å². The quantitative estimate of drug-likeness (QED) is 0.489. The molecule has 5 nitrogen and oxygen atoms in total. The number of hydrogen-bond acceptors (Lipinski definition) is 4. The number of aryl methyl sites for hydroxylation is 1. The molecule has 0 N–H and O–H groups in total. The van der Waals surface area contributed by atoms with Gasteiger partial charge < -0.3 is 9.80 Å². The number of piperazine rings is 1. The van der Waals surface area contributed by atoms with Crippen molar-refractivity contribution in [1.29, 1.82) is 0 Å². The van der Waals surface area contributed by atoms with Crippen LogP contribution in [0.3, 0.4) is 0 Å². The Morgan fingerprint density at radius 1 is 0.871 bits per heavy atom. The number of benzene rings is 2. The Morgan fingerprint density at radius 2 is 1.55 bits per heavy atom. The van der Waals surface area contributed by atoms with Gasteiger partial charge in [0.1, 0.15) is 5.82 Å². The van der Waals surface area contributed by atoms with Crippen LogP contribution in [0.15, 0.2) is 42.5 Å². The number of anilines is 1. The molecule has 1 amide bonds. The van der Waals surface area contributed by atoms with E-state index in [1.54, 1.807) is 18.2 Å². The first-order valence-electron chi connectivity index (χ1n) is 9.94. The van der Waals surface area contributed by atoms with Crippen LogP contribution in [0, 0.1) is 13.8 Å². The number of amides is 1. The first-order chi connectivity index (χ1) is 14.8. The van der Waals surface area contributed by atoms with Gasteiger partial charge in [-0.1, -0.05) is 34.8 Å². The highest BCUT2D eigenvalue weighted by molar-refractivity contribution is 6.42. The van der Waals surface area contributed by atoms with Gasteiger partial charge in [0.2, 0.25) is 0 Å². The molecule has 160 valence electrons. The summed E-state index contributed by atoms with van der Waals surface area (Å²) in [5.41, 5.74) is 3.44. The van der Waals surface area contributed by atoms with E-state index in [1.807, 2.05) is 43.0 Å². The van der Waals surface area contributed by atoms with Crippen LogP contribution in [-0.2, 0) is 0 Å². The minimum absolute atomic E-state index is 0.0457. The highest BCUT2D eigenvalue weighted by Crippen LogP contribution is 2.27. The molecule has 1 aliphatic heterocycles. The summed E-state index contributed by atoms with van der Waals surface area (Å²) in [6.45, 7) is 6.58. The second-order valence-corrected chi connectivity index (χ2v) is 8.75. The maximum atomic E-state index is 12.9. The monoisotopic (exact) mass is 474 g/mol. The van der Waals surface area contributed by atoms with E-state index in [1.165, 1.54) is 0 Å². The number of carbonyl (C=O) groups is 1. The van der Waals surface area contributed by atoms with Crippen molar-refractivity contribution in [3.05, 3.63) is 74.4 Å². The number of hydrogen-bond donors (Lipinski definition) is 0. The largest absolute Gasteiger partial charge is 0.353 e. The van der Waals surface area contributed by atoms with Crippen molar-refractivity contribution < 1.29 is 4.79 Å². The SMILES string of the molecule is Cc1nc(-c2ccc(Cl)cc2)nc(N2CCN(C(=O)c3ccc(Cl)c(Cl)c3)CC2)c1C. The van der Waals surface area contributed by atoms with Crippen molar-refractivity contribution in [2.24, 2.45) is 0 Å². The molecule has 0 radical (unpaired) electrons. The van der Waals surface area contributed by atoms with Gasteiger partial charge in [0.25, 0.3) is 5.91 Å². The zero-order valence-corrected chi connectivity index (χ0v) is 19.5. The zero-order valence-electron chi connectivity index (χ0n) is 17.2. The minimum Gasteiger partial charge on any atom is -0.353 e. The van der Waals surface area contributed by atoms with Gasteiger partial charge in [-0.15, -0.1) is 0 Å². The molecule has 4 rings (SSSR count). The second kappa shape index (κ2) is 9.03. The van der Waals surface area contributed by atoms with Gasteiger partial charge in [0, 0.05) is 53.6 Å². The summed E-state index contributed by atoms with van der Waals surface area (Å²) in [7, 11) is 0. The van der Waals surface area contributed by atoms with Gasteiger partial charge in [-0.3, -0.25) is 4.79 Å². The fourth-order valence-electron chi connectivity index (χ4n) is 3.58. The van der Waals surface area contributed by atoms with Crippen LogP contribution >= 0.6 is 34.8 Å². The summed E-state index contributed by atoms with van der Waals surface area (Å²) in [5.74, 6) is 1.53. The van der Waals surface area contributed by atoms with Crippen molar-refractivity contribution in [1.82, 2.24) is 14.9 Å². The lowest BCUT2D eigenvalue weighted by Gasteiger charge is -2.36. The fraction of sp³-hybridized carbons (Fsp3) is 0.261. The standard InChI is InChI=1S/C23H21Cl3N4O/c1-14-15(2)27-21(16-3-6-18(24)7-4-16)28-22(14)29-9-11-30(12-10-29)23(31)17-5-8-19(25)20(26)13-17/h3-8,13H,9-12H2,1-2H3. The first kappa shape index (κ1) is 21.9. The fourth-order valence-corrected chi connectivity index (χ4v) is 4.01. The Labute approximate surface area is 196 Å². The van der Waals surface area contributed by atoms with Crippen LogP contribution in [0.2, 0.25) is 15.1 Å². The van der Waals surface area contributed by atoms with Gasteiger partial charge in [0.15, 0.2) is 5.82 Å². The molecule has 1 fully saturated rings. The average Bonchev–Trinajstić information content (AvgIpc) is 2.77. The van der Waals surface area contributed by atoms with Crippen molar-refractivity contribution in [2.45, 2.75) is 13.8 Å². The first-order valence-corrected chi connectivity index (χ1v) is 11.1. The Hall–Kier alpha value is -2.34. The maximum Gasteiger partial charge on any atom is 0.254 e. The molecule has 0 spiro atoms. The number of aromatic nitrogens is 2. The van der Waals surface area contributed by atoms with Gasteiger partial charge in [-0.25, -0.2) is 9.97 Å². The Bertz CT molecular complexity index is 1130. The number of nitrogens with zero attached hydrogens (tertiary/aromatic N) is 4. The maximum absolute atomic E-state index is 12.9. The molecule has 31 heavy (non-hydrogen) atoms. The van der Waals surface area contributed by atoms with E-state index in [0.717, 1.165) is 22.6 Å². The number of rotatable bonds is 3. The summed E-state index contributed by atoms with van der Waals surface area (Å²) in [6.07, 6.45) is 0. The molecule has 3 aromatic rings. The number of halogens is 3. The van der Waals surface area contributed by atoms with E-state index in [2.05, 4.69) is 9.88 Å². The van der Waals surface area contributed by atoms with E-state index in [4.69, 9.17) is 39.8 Å². The van der Waals surface area contributed by atoms with E-state index in [-0.39, 0.29) is 5.91 Å². The Balaban J connectivity index is 1.52. The van der Waals surface area contributed by atoms with E-state index in [0.29, 0.717) is 52.6 Å². The molecular formula is C23H21Cl3N4O. The average molecular weight is 476 g/mol. The highest BCUT2D eigenvalue weighted by atomic mass is 35.5. The normalized spacial score (nSPS) is 14.1. The third-order valence-electron chi connectivity index (χ3n) is 5.50. The lowest BCUT2D eigenvalue weighted by molar-refractivity contribution is 0.0746. The molecule has 2 heterocycles. The molecule has 1 aromatic heterocycles. The van der Waals surface area contributed by atoms with Crippen LogP contribution in [0.4, 0.5) is 5.82 Å². The third kappa shape index (κ3) is 4.64. The predicted molar refractivity (Wildman–Crippen MR) is 127 cm³/mol. The van der Waals surface area contributed by atoms with Gasteiger partial charge in [-0.2, -0.15) is 0 Å². The zero-order chi connectivity index (χ0) is 22.1. The van der Waals surface area contributed by atoms with Gasteiger partial charge in [-0.05, 0) is 56.3 Å². The molecule has 0 atom stereocenters. The van der Waals surface area contributed by atoms with Crippen molar-refractivity contribution in [2.75, 3.05) is 31.1 Å². The topological polar surface area (TPSA) is 49.3 Å². The molecule has 0 bridgehead atoms. The van der Waals surface area contributed by atoms with E-state index in [9.17, 15) is 4.79 Å². The predicted octanol–water partition coefficient (Wildman–Crippen LogP) is 5.68. The smallest absolute Gasteiger partial charge is 0.254 e. The highest BCUT2D eigenvalue weighted by Gasteiger charge is 2.25. The van der Waals surface area contributed by atoms with E-state index >= 15 is 0 Å². The molecule has 8 heteroatoms. The molecule has 1 aliphatic rings. The molecule has 0 unspecified atom stereocenters. The van der Waals surface area contributed by atoms with Crippen molar-refractivity contribution in [3.8, 4) is 11.4 Å². The second-order valence-electron chi connectivity index (χ2n) is 7.50. The minimum atomic E-state index is -0.0457. The number of carbonyl (C=O) groups excluding carboxylic acids is 1. The molecule has 0 aliphatic carbocycles. The van der Waals surface area contributed by atoms with Crippen LogP contribution in [0.5, 0.6) is 0 Å². The van der Waals surface area contributed by atoms with Crippen LogP contribution in [0.25, 0.3) is 11.4 Å². The van der Waals surface area contributed by atoms with Crippen LogP contribution in [-0.4, -0.2) is 47.0 Å². The summed E-state index contributed by atoms with van der Waals surface area (Å²) < 4.78 is 0. The summed E-state index contributed by atoms with van der Waals surface area (Å²) >= 11 is 18.1. The summed E-state index contributed by atoms with van der Waals surface area (Å²) in [5, 5.41) is 1.50. The Kier molecular flexibility index (Phi) is 6.37. The molecular weight excluding hydrogens is 455 g/mol. The van der Waals surface area contributed by atoms with Gasteiger partial charge in [0.05, 0.1) is 10.0 Å². The molecule has 0 saturated carbocycles. The van der Waals surface area contributed by atoms with Crippen molar-refractivity contribution in [3.63, 3.8) is 0 Å². The lowest BCUT2D eigenvalue weighted by atomic mass is 10.1. The Morgan fingerprint density at radius 3 is 2.19 bits per heavy atom. The summed E-state index contributed by atoms with van der Waals surface area (Å²) in [6, 6.07) is 12.5. The van der Waals surface area contributed by atoms with Crippen LogP contribution < -0.4 is 4.90 Å². The molecule has 1 saturated heterocycles. The van der Waals surface area contributed by atoms with Crippen LogP contribution in [0.1, 0.15) is 21.6 Å². The third-order valence-corrected chi connectivity index (χ3v) is 6.49. The van der Waals surface area contributed by atoms with E-state index < -0.39 is 0 Å². The van der Waals surface area contributed by atoms with Crippen molar-refractivity contribution >= 4 is 46.5 Å². The lowest BCUT2D eigenvalue weighted by Crippen LogP contribution is -2.49.